The zero-order valence-electron chi connectivity index (χ0n) is 19.3. The summed E-state index contributed by atoms with van der Waals surface area (Å²) < 4.78 is 18.9. The maximum atomic E-state index is 13.5. The molecule has 0 spiro atoms. The fourth-order valence-electron chi connectivity index (χ4n) is 4.06. The average Bonchev–Trinajstić information content (AvgIpc) is 3.10. The van der Waals surface area contributed by atoms with Crippen molar-refractivity contribution in [3.63, 3.8) is 0 Å². The zero-order chi connectivity index (χ0) is 24.2. The van der Waals surface area contributed by atoms with Gasteiger partial charge in [0, 0.05) is 30.0 Å². The maximum Gasteiger partial charge on any atom is 0.282 e. The van der Waals surface area contributed by atoms with Crippen LogP contribution in [0.3, 0.4) is 0 Å². The van der Waals surface area contributed by atoms with Crippen molar-refractivity contribution >= 4 is 34.4 Å². The predicted octanol–water partition coefficient (Wildman–Crippen LogP) is 5.08. The lowest BCUT2D eigenvalue weighted by molar-refractivity contribution is -0.120. The summed E-state index contributed by atoms with van der Waals surface area (Å²) in [6.45, 7) is 5.94. The summed E-state index contributed by atoms with van der Waals surface area (Å²) in [7, 11) is 1.51. The zero-order valence-corrected chi connectivity index (χ0v) is 19.3. The number of hydrogen-bond donors (Lipinski definition) is 1. The van der Waals surface area contributed by atoms with Crippen molar-refractivity contribution in [1.82, 2.24) is 0 Å². The summed E-state index contributed by atoms with van der Waals surface area (Å²) in [5, 5.41) is 3.15. The highest BCUT2D eigenvalue weighted by molar-refractivity contribution is 6.46. The molecule has 0 radical (unpaired) electrons. The topological polar surface area (TPSA) is 61.9 Å². The SMILES string of the molecule is CCN(CC)c1ccc(NC2=C(c3ccccc3OC)C(=O)N(c3ccc(F)cc3)C2=O)cc1. The smallest absolute Gasteiger partial charge is 0.282 e. The molecule has 0 bridgehead atoms. The van der Waals surface area contributed by atoms with Crippen LogP contribution >= 0.6 is 0 Å². The van der Waals surface area contributed by atoms with Gasteiger partial charge in [-0.25, -0.2) is 9.29 Å². The average molecular weight is 460 g/mol. The van der Waals surface area contributed by atoms with Gasteiger partial charge in [0.2, 0.25) is 0 Å². The highest BCUT2D eigenvalue weighted by atomic mass is 19.1. The molecule has 1 aliphatic heterocycles. The summed E-state index contributed by atoms with van der Waals surface area (Å²) in [6.07, 6.45) is 0. The number of methoxy groups -OCH3 is 1. The molecule has 6 nitrogen and oxygen atoms in total. The van der Waals surface area contributed by atoms with Gasteiger partial charge in [-0.2, -0.15) is 0 Å². The first kappa shape index (κ1) is 23.0. The predicted molar refractivity (Wildman–Crippen MR) is 132 cm³/mol. The van der Waals surface area contributed by atoms with E-state index < -0.39 is 17.6 Å². The highest BCUT2D eigenvalue weighted by Crippen LogP contribution is 2.37. The lowest BCUT2D eigenvalue weighted by atomic mass is 10.0. The first-order valence-corrected chi connectivity index (χ1v) is 11.1. The Balaban J connectivity index is 1.78. The van der Waals surface area contributed by atoms with Crippen LogP contribution in [0, 0.1) is 5.82 Å². The molecular formula is C27H26FN3O3. The van der Waals surface area contributed by atoms with E-state index in [1.54, 1.807) is 24.3 Å². The largest absolute Gasteiger partial charge is 0.496 e. The normalized spacial score (nSPS) is 13.5. The van der Waals surface area contributed by atoms with Crippen LogP contribution in [0.2, 0.25) is 0 Å². The van der Waals surface area contributed by atoms with Gasteiger partial charge in [-0.15, -0.1) is 0 Å². The van der Waals surface area contributed by atoms with Crippen LogP contribution < -0.4 is 19.9 Å². The second-order valence-corrected chi connectivity index (χ2v) is 7.72. The number of para-hydroxylation sites is 1. The molecule has 3 aromatic carbocycles. The van der Waals surface area contributed by atoms with E-state index in [0.717, 1.165) is 23.7 Å². The molecule has 34 heavy (non-hydrogen) atoms. The van der Waals surface area contributed by atoms with Gasteiger partial charge in [0.25, 0.3) is 11.8 Å². The minimum absolute atomic E-state index is 0.134. The van der Waals surface area contributed by atoms with E-state index in [2.05, 4.69) is 24.1 Å². The second-order valence-electron chi connectivity index (χ2n) is 7.72. The summed E-state index contributed by atoms with van der Waals surface area (Å²) in [5.74, 6) is -1.02. The molecule has 0 unspecified atom stereocenters. The Labute approximate surface area is 198 Å². The monoisotopic (exact) mass is 459 g/mol. The fraction of sp³-hybridized carbons (Fsp3) is 0.185. The lowest BCUT2D eigenvalue weighted by Crippen LogP contribution is -2.32. The number of carbonyl (C=O) groups is 2. The van der Waals surface area contributed by atoms with E-state index in [4.69, 9.17) is 4.74 Å². The van der Waals surface area contributed by atoms with Crippen molar-refractivity contribution in [1.29, 1.82) is 0 Å². The van der Waals surface area contributed by atoms with Gasteiger partial charge in [-0.05, 0) is 68.4 Å². The number of halogens is 1. The van der Waals surface area contributed by atoms with Gasteiger partial charge in [0.05, 0.1) is 18.4 Å². The van der Waals surface area contributed by atoms with Crippen LogP contribution in [0.1, 0.15) is 19.4 Å². The molecule has 1 N–H and O–H groups in total. The van der Waals surface area contributed by atoms with Crippen LogP contribution in [-0.4, -0.2) is 32.0 Å². The van der Waals surface area contributed by atoms with Crippen LogP contribution in [0.5, 0.6) is 5.75 Å². The third-order valence-corrected chi connectivity index (χ3v) is 5.81. The number of ether oxygens (including phenoxy) is 1. The molecule has 7 heteroatoms. The number of hydrogen-bond acceptors (Lipinski definition) is 5. The molecule has 0 aromatic heterocycles. The van der Waals surface area contributed by atoms with E-state index in [9.17, 15) is 14.0 Å². The third kappa shape index (κ3) is 4.24. The van der Waals surface area contributed by atoms with Gasteiger partial charge in [-0.3, -0.25) is 9.59 Å². The van der Waals surface area contributed by atoms with Crippen LogP contribution in [0.15, 0.2) is 78.5 Å². The number of benzene rings is 3. The van der Waals surface area contributed by atoms with Crippen molar-refractivity contribution < 1.29 is 18.7 Å². The van der Waals surface area contributed by atoms with E-state index >= 15 is 0 Å². The van der Waals surface area contributed by atoms with Crippen molar-refractivity contribution in [3.05, 3.63) is 89.9 Å². The van der Waals surface area contributed by atoms with E-state index in [1.807, 2.05) is 24.3 Å². The first-order chi connectivity index (χ1) is 16.5. The molecule has 0 atom stereocenters. The van der Waals surface area contributed by atoms with E-state index in [0.29, 0.717) is 17.0 Å². The molecule has 2 amide bonds. The number of nitrogens with zero attached hydrogens (tertiary/aromatic N) is 2. The second kappa shape index (κ2) is 9.79. The van der Waals surface area contributed by atoms with Crippen molar-refractivity contribution in [2.45, 2.75) is 13.8 Å². The standard InChI is InChI=1S/C27H26FN3O3/c1-4-30(5-2)20-16-12-19(13-17-20)29-25-24(22-8-6-7-9-23(22)34-3)26(32)31(27(25)33)21-14-10-18(28)11-15-21/h6-17,29H,4-5H2,1-3H3. The maximum absolute atomic E-state index is 13.5. The Bertz CT molecular complexity index is 1230. The van der Waals surface area contributed by atoms with Crippen molar-refractivity contribution in [3.8, 4) is 5.75 Å². The van der Waals surface area contributed by atoms with Gasteiger partial charge in [0.15, 0.2) is 0 Å². The summed E-state index contributed by atoms with van der Waals surface area (Å²) in [4.78, 5) is 30.3. The number of carbonyl (C=O) groups excluding carboxylic acids is 2. The number of rotatable bonds is 8. The van der Waals surface area contributed by atoms with Gasteiger partial charge < -0.3 is 15.0 Å². The van der Waals surface area contributed by atoms with Gasteiger partial charge >= 0.3 is 0 Å². The first-order valence-electron chi connectivity index (χ1n) is 11.1. The molecule has 0 saturated heterocycles. The number of nitrogens with one attached hydrogen (secondary N) is 1. The Morgan fingerprint density at radius 1 is 0.882 bits per heavy atom. The van der Waals surface area contributed by atoms with Gasteiger partial charge in [0.1, 0.15) is 17.3 Å². The minimum atomic E-state index is -0.523. The summed E-state index contributed by atoms with van der Waals surface area (Å²) >= 11 is 0. The molecule has 0 saturated carbocycles. The van der Waals surface area contributed by atoms with E-state index in [-0.39, 0.29) is 17.0 Å². The third-order valence-electron chi connectivity index (χ3n) is 5.81. The molecule has 3 aromatic rings. The van der Waals surface area contributed by atoms with Crippen LogP contribution in [0.25, 0.3) is 5.57 Å². The number of amides is 2. The van der Waals surface area contributed by atoms with Gasteiger partial charge in [-0.1, -0.05) is 18.2 Å². The molecule has 0 fully saturated rings. The lowest BCUT2D eigenvalue weighted by Gasteiger charge is -2.21. The molecule has 4 rings (SSSR count). The highest BCUT2D eigenvalue weighted by Gasteiger charge is 2.41. The Morgan fingerprint density at radius 2 is 1.53 bits per heavy atom. The molecule has 1 heterocycles. The minimum Gasteiger partial charge on any atom is -0.496 e. The molecule has 0 aliphatic carbocycles. The number of anilines is 3. The molecule has 1 aliphatic rings. The van der Waals surface area contributed by atoms with Crippen LogP contribution in [-0.2, 0) is 9.59 Å². The molecular weight excluding hydrogens is 433 g/mol. The Morgan fingerprint density at radius 3 is 2.15 bits per heavy atom. The Hall–Kier alpha value is -4.13. The Kier molecular flexibility index (Phi) is 6.63. The van der Waals surface area contributed by atoms with Crippen LogP contribution in [0.4, 0.5) is 21.5 Å². The quantitative estimate of drug-likeness (QED) is 0.476. The number of imide groups is 1. The summed E-state index contributed by atoms with van der Waals surface area (Å²) in [5.41, 5.74) is 2.85. The summed E-state index contributed by atoms with van der Waals surface area (Å²) in [6, 6.07) is 20.0. The van der Waals surface area contributed by atoms with Crippen molar-refractivity contribution in [2.24, 2.45) is 0 Å². The van der Waals surface area contributed by atoms with E-state index in [1.165, 1.54) is 31.4 Å². The molecule has 174 valence electrons. The fourth-order valence-corrected chi connectivity index (χ4v) is 4.06. The van der Waals surface area contributed by atoms with Crippen molar-refractivity contribution in [2.75, 3.05) is 35.3 Å².